The highest BCUT2D eigenvalue weighted by molar-refractivity contribution is 7.11. The molecule has 1 heterocycles. The second kappa shape index (κ2) is 5.78. The lowest BCUT2D eigenvalue weighted by Crippen LogP contribution is -2.22. The molecule has 16 heavy (non-hydrogen) atoms. The van der Waals surface area contributed by atoms with Crippen LogP contribution < -0.4 is 5.32 Å². The van der Waals surface area contributed by atoms with Crippen LogP contribution >= 0.6 is 11.3 Å². The molecule has 0 atom stereocenters. The molecule has 92 valence electrons. The van der Waals surface area contributed by atoms with Crippen LogP contribution in [0.4, 0.5) is 0 Å². The summed E-state index contributed by atoms with van der Waals surface area (Å²) in [6, 6.07) is 0.532. The van der Waals surface area contributed by atoms with Crippen molar-refractivity contribution in [3.63, 3.8) is 0 Å². The Kier molecular flexibility index (Phi) is 4.93. The van der Waals surface area contributed by atoms with Crippen LogP contribution in [0.1, 0.15) is 69.0 Å². The average Bonchev–Trinajstić information content (AvgIpc) is 2.58. The third-order valence-corrected chi connectivity index (χ3v) is 3.83. The first kappa shape index (κ1) is 13.7. The normalized spacial score (nSPS) is 12.1. The van der Waals surface area contributed by atoms with Crippen LogP contribution in [0.3, 0.4) is 0 Å². The molecule has 0 saturated carbocycles. The van der Waals surface area contributed by atoms with Crippen LogP contribution in [0.2, 0.25) is 0 Å². The molecule has 0 fully saturated rings. The maximum atomic E-state index is 4.77. The minimum Gasteiger partial charge on any atom is -0.310 e. The quantitative estimate of drug-likeness (QED) is 0.844. The summed E-state index contributed by atoms with van der Waals surface area (Å²) in [5.41, 5.74) is 1.28. The number of aromatic nitrogens is 1. The lowest BCUT2D eigenvalue weighted by atomic mass is 10.1. The van der Waals surface area contributed by atoms with Gasteiger partial charge in [-0.2, -0.15) is 0 Å². The van der Waals surface area contributed by atoms with Crippen molar-refractivity contribution in [2.45, 2.75) is 66.0 Å². The molecule has 1 aromatic rings. The third-order valence-electron chi connectivity index (χ3n) is 2.46. The predicted molar refractivity (Wildman–Crippen MR) is 72.3 cm³/mol. The molecule has 0 bridgehead atoms. The minimum absolute atomic E-state index is 0.521. The molecule has 0 amide bonds. The van der Waals surface area contributed by atoms with Crippen LogP contribution in [-0.2, 0) is 6.54 Å². The van der Waals surface area contributed by atoms with E-state index in [9.17, 15) is 0 Å². The SMILES string of the molecule is CC(C)NCc1sc(C(C)C)nc1C(C)C. The first-order valence-corrected chi connectivity index (χ1v) is 6.96. The molecule has 1 N–H and O–H groups in total. The van der Waals surface area contributed by atoms with Gasteiger partial charge < -0.3 is 5.32 Å². The molecule has 0 radical (unpaired) electrons. The van der Waals surface area contributed by atoms with Crippen molar-refractivity contribution in [3.05, 3.63) is 15.6 Å². The van der Waals surface area contributed by atoms with Gasteiger partial charge in [0.25, 0.3) is 0 Å². The van der Waals surface area contributed by atoms with Crippen LogP contribution in [-0.4, -0.2) is 11.0 Å². The van der Waals surface area contributed by atoms with E-state index in [1.165, 1.54) is 15.6 Å². The van der Waals surface area contributed by atoms with Crippen molar-refractivity contribution in [1.82, 2.24) is 10.3 Å². The predicted octanol–water partition coefficient (Wildman–Crippen LogP) is 3.89. The first-order valence-electron chi connectivity index (χ1n) is 6.14. The highest BCUT2D eigenvalue weighted by Gasteiger charge is 2.15. The molecule has 2 nitrogen and oxygen atoms in total. The molecule has 0 unspecified atom stereocenters. The second-order valence-electron chi connectivity index (χ2n) is 5.21. The van der Waals surface area contributed by atoms with E-state index < -0.39 is 0 Å². The van der Waals surface area contributed by atoms with Crippen molar-refractivity contribution in [2.75, 3.05) is 0 Å². The molecule has 0 saturated heterocycles. The topological polar surface area (TPSA) is 24.9 Å². The van der Waals surface area contributed by atoms with E-state index in [1.807, 2.05) is 11.3 Å². The number of nitrogens with one attached hydrogen (secondary N) is 1. The number of hydrogen-bond acceptors (Lipinski definition) is 3. The van der Waals surface area contributed by atoms with Gasteiger partial charge in [-0.3, -0.25) is 0 Å². The number of nitrogens with zero attached hydrogens (tertiary/aromatic N) is 1. The van der Waals surface area contributed by atoms with Gasteiger partial charge in [0.05, 0.1) is 10.7 Å². The Morgan fingerprint density at radius 2 is 1.69 bits per heavy atom. The summed E-state index contributed by atoms with van der Waals surface area (Å²) >= 11 is 1.86. The Labute approximate surface area is 103 Å². The van der Waals surface area contributed by atoms with E-state index in [-0.39, 0.29) is 0 Å². The Bertz CT molecular complexity index is 327. The van der Waals surface area contributed by atoms with E-state index in [1.54, 1.807) is 0 Å². The highest BCUT2D eigenvalue weighted by atomic mass is 32.1. The van der Waals surface area contributed by atoms with E-state index in [0.717, 1.165) is 6.54 Å². The van der Waals surface area contributed by atoms with Gasteiger partial charge in [0.1, 0.15) is 0 Å². The molecule has 1 aromatic heterocycles. The van der Waals surface area contributed by atoms with Gasteiger partial charge in [0.15, 0.2) is 0 Å². The molecule has 0 aliphatic rings. The molecular weight excluding hydrogens is 216 g/mol. The summed E-state index contributed by atoms with van der Waals surface area (Å²) in [5.74, 6) is 1.06. The lowest BCUT2D eigenvalue weighted by molar-refractivity contribution is 0.588. The van der Waals surface area contributed by atoms with E-state index in [0.29, 0.717) is 17.9 Å². The molecule has 0 aliphatic heterocycles. The molecule has 3 heteroatoms. The van der Waals surface area contributed by atoms with E-state index in [2.05, 4.69) is 46.9 Å². The average molecular weight is 240 g/mol. The summed E-state index contributed by atoms with van der Waals surface area (Å²) in [4.78, 5) is 6.18. The number of hydrogen-bond donors (Lipinski definition) is 1. The van der Waals surface area contributed by atoms with Crippen LogP contribution in [0.15, 0.2) is 0 Å². The molecule has 1 rings (SSSR count). The zero-order valence-corrected chi connectivity index (χ0v) is 12.1. The maximum absolute atomic E-state index is 4.77. The van der Waals surface area contributed by atoms with Crippen molar-refractivity contribution >= 4 is 11.3 Å². The molecular formula is C13H24N2S. The lowest BCUT2D eigenvalue weighted by Gasteiger charge is -2.09. The third kappa shape index (κ3) is 3.56. The van der Waals surface area contributed by atoms with Crippen LogP contribution in [0.5, 0.6) is 0 Å². The molecule has 0 aromatic carbocycles. The van der Waals surface area contributed by atoms with Crippen molar-refractivity contribution in [3.8, 4) is 0 Å². The molecule has 0 aliphatic carbocycles. The smallest absolute Gasteiger partial charge is 0.0957 e. The van der Waals surface area contributed by atoms with Gasteiger partial charge in [-0.05, 0) is 5.92 Å². The second-order valence-corrected chi connectivity index (χ2v) is 6.32. The Balaban J connectivity index is 2.87. The maximum Gasteiger partial charge on any atom is 0.0957 e. The monoisotopic (exact) mass is 240 g/mol. The fourth-order valence-electron chi connectivity index (χ4n) is 1.50. The summed E-state index contributed by atoms with van der Waals surface area (Å²) in [5, 5.41) is 4.75. The van der Waals surface area contributed by atoms with Gasteiger partial charge in [-0.25, -0.2) is 4.98 Å². The van der Waals surface area contributed by atoms with E-state index >= 15 is 0 Å². The van der Waals surface area contributed by atoms with Gasteiger partial charge in [-0.1, -0.05) is 41.5 Å². The summed E-state index contributed by atoms with van der Waals surface area (Å²) < 4.78 is 0. The van der Waals surface area contributed by atoms with Crippen LogP contribution in [0.25, 0.3) is 0 Å². The summed E-state index contributed by atoms with van der Waals surface area (Å²) in [6.45, 7) is 14.2. The largest absolute Gasteiger partial charge is 0.310 e. The fraction of sp³-hybridized carbons (Fsp3) is 0.769. The van der Waals surface area contributed by atoms with Gasteiger partial charge in [0.2, 0.25) is 0 Å². The first-order chi connectivity index (χ1) is 7.41. The van der Waals surface area contributed by atoms with Crippen molar-refractivity contribution in [1.29, 1.82) is 0 Å². The summed E-state index contributed by atoms with van der Waals surface area (Å²) in [7, 11) is 0. The Hall–Kier alpha value is -0.410. The van der Waals surface area contributed by atoms with Gasteiger partial charge in [-0.15, -0.1) is 11.3 Å². The number of rotatable bonds is 5. The van der Waals surface area contributed by atoms with E-state index in [4.69, 9.17) is 4.98 Å². The van der Waals surface area contributed by atoms with Gasteiger partial charge >= 0.3 is 0 Å². The van der Waals surface area contributed by atoms with Crippen molar-refractivity contribution < 1.29 is 0 Å². The zero-order chi connectivity index (χ0) is 12.3. The standard InChI is InChI=1S/C13H24N2S/c1-8(2)12-11(7-14-10(5)6)16-13(15-12)9(3)4/h8-10,14H,7H2,1-6H3. The van der Waals surface area contributed by atoms with Crippen molar-refractivity contribution in [2.24, 2.45) is 0 Å². The fourth-order valence-corrected chi connectivity index (χ4v) is 2.68. The zero-order valence-electron chi connectivity index (χ0n) is 11.3. The Morgan fingerprint density at radius 3 is 2.12 bits per heavy atom. The summed E-state index contributed by atoms with van der Waals surface area (Å²) in [6.07, 6.45) is 0. The minimum atomic E-state index is 0.521. The Morgan fingerprint density at radius 1 is 1.06 bits per heavy atom. The van der Waals surface area contributed by atoms with Crippen LogP contribution in [0, 0.1) is 0 Å². The number of thiazole rings is 1. The molecule has 0 spiro atoms. The highest BCUT2D eigenvalue weighted by Crippen LogP contribution is 2.29. The van der Waals surface area contributed by atoms with Gasteiger partial charge in [0, 0.05) is 23.4 Å².